The normalized spacial score (nSPS) is 10.0. The standard InChI is InChI=1S/C16H14FN3O2/c1-2-19(11-12-4-3-5-14(17)8-12)16-7-6-15(20(21)22)9-13(16)10-18/h3-9H,2,11H2,1H3. The predicted octanol–water partition coefficient (Wildman–Crippen LogP) is 3.63. The first kappa shape index (κ1) is 15.4. The van der Waals surface area contributed by atoms with Crippen molar-refractivity contribution in [2.75, 3.05) is 11.4 Å². The lowest BCUT2D eigenvalue weighted by atomic mass is 10.1. The zero-order chi connectivity index (χ0) is 16.1. The van der Waals surface area contributed by atoms with Crippen molar-refractivity contribution in [3.05, 3.63) is 69.5 Å². The Labute approximate surface area is 127 Å². The van der Waals surface area contributed by atoms with Gasteiger partial charge in [-0.15, -0.1) is 0 Å². The Morgan fingerprint density at radius 1 is 1.32 bits per heavy atom. The van der Waals surface area contributed by atoms with Gasteiger partial charge < -0.3 is 4.90 Å². The summed E-state index contributed by atoms with van der Waals surface area (Å²) in [5, 5.41) is 20.0. The third-order valence-electron chi connectivity index (χ3n) is 3.30. The lowest BCUT2D eigenvalue weighted by molar-refractivity contribution is -0.384. The molecule has 0 saturated heterocycles. The minimum absolute atomic E-state index is 0.123. The number of nitriles is 1. The fourth-order valence-corrected chi connectivity index (χ4v) is 2.23. The topological polar surface area (TPSA) is 70.2 Å². The van der Waals surface area contributed by atoms with E-state index in [2.05, 4.69) is 0 Å². The summed E-state index contributed by atoms with van der Waals surface area (Å²) in [7, 11) is 0. The molecule has 2 aromatic rings. The highest BCUT2D eigenvalue weighted by molar-refractivity contribution is 5.63. The van der Waals surface area contributed by atoms with Crippen molar-refractivity contribution in [3.8, 4) is 6.07 Å². The van der Waals surface area contributed by atoms with Crippen LogP contribution < -0.4 is 4.90 Å². The zero-order valence-electron chi connectivity index (χ0n) is 12.0. The van der Waals surface area contributed by atoms with Gasteiger partial charge in [0.05, 0.1) is 16.2 Å². The van der Waals surface area contributed by atoms with Crippen molar-refractivity contribution >= 4 is 11.4 Å². The molecule has 0 atom stereocenters. The maximum absolute atomic E-state index is 13.3. The first-order valence-corrected chi connectivity index (χ1v) is 6.73. The van der Waals surface area contributed by atoms with Crippen molar-refractivity contribution in [2.24, 2.45) is 0 Å². The van der Waals surface area contributed by atoms with Gasteiger partial charge in [-0.25, -0.2) is 4.39 Å². The minimum Gasteiger partial charge on any atom is -0.366 e. The quantitative estimate of drug-likeness (QED) is 0.624. The molecule has 0 aliphatic heterocycles. The molecule has 112 valence electrons. The van der Waals surface area contributed by atoms with E-state index in [1.165, 1.54) is 24.3 Å². The Bertz CT molecular complexity index is 740. The highest BCUT2D eigenvalue weighted by Gasteiger charge is 2.15. The van der Waals surface area contributed by atoms with Crippen molar-refractivity contribution in [3.63, 3.8) is 0 Å². The summed E-state index contributed by atoms with van der Waals surface area (Å²) < 4.78 is 13.3. The number of rotatable bonds is 5. The van der Waals surface area contributed by atoms with Gasteiger partial charge in [-0.3, -0.25) is 10.1 Å². The number of anilines is 1. The van der Waals surface area contributed by atoms with E-state index in [4.69, 9.17) is 0 Å². The molecule has 0 spiro atoms. The van der Waals surface area contributed by atoms with Gasteiger partial charge in [0.25, 0.3) is 5.69 Å². The summed E-state index contributed by atoms with van der Waals surface area (Å²) in [6.07, 6.45) is 0. The molecule has 0 saturated carbocycles. The molecule has 2 aromatic carbocycles. The number of non-ortho nitro benzene ring substituents is 1. The van der Waals surface area contributed by atoms with Crippen molar-refractivity contribution in [1.82, 2.24) is 0 Å². The molecule has 0 aliphatic rings. The van der Waals surface area contributed by atoms with Crippen LogP contribution in [0.15, 0.2) is 42.5 Å². The third-order valence-corrected chi connectivity index (χ3v) is 3.30. The average Bonchev–Trinajstić information content (AvgIpc) is 2.52. The van der Waals surface area contributed by atoms with E-state index in [9.17, 15) is 19.8 Å². The molecular weight excluding hydrogens is 285 g/mol. The van der Waals surface area contributed by atoms with Crippen LogP contribution in [0.25, 0.3) is 0 Å². The van der Waals surface area contributed by atoms with Gasteiger partial charge in [-0.2, -0.15) is 5.26 Å². The number of halogens is 1. The van der Waals surface area contributed by atoms with Gasteiger partial charge in [0.2, 0.25) is 0 Å². The van der Waals surface area contributed by atoms with Crippen LogP contribution in [0.3, 0.4) is 0 Å². The van der Waals surface area contributed by atoms with E-state index >= 15 is 0 Å². The van der Waals surface area contributed by atoms with E-state index in [1.807, 2.05) is 17.9 Å². The highest BCUT2D eigenvalue weighted by Crippen LogP contribution is 2.26. The molecule has 0 aliphatic carbocycles. The summed E-state index contributed by atoms with van der Waals surface area (Å²) in [5.41, 5.74) is 1.47. The second-order valence-corrected chi connectivity index (χ2v) is 4.71. The van der Waals surface area contributed by atoms with Crippen LogP contribution in [0.2, 0.25) is 0 Å². The molecule has 0 bridgehead atoms. The third kappa shape index (κ3) is 3.38. The van der Waals surface area contributed by atoms with Gasteiger partial charge in [-0.05, 0) is 30.7 Å². The number of hydrogen-bond acceptors (Lipinski definition) is 4. The van der Waals surface area contributed by atoms with Gasteiger partial charge >= 0.3 is 0 Å². The summed E-state index contributed by atoms with van der Waals surface area (Å²) in [5.74, 6) is -0.322. The predicted molar refractivity (Wildman–Crippen MR) is 80.9 cm³/mol. The van der Waals surface area contributed by atoms with Crippen LogP contribution in [0, 0.1) is 27.3 Å². The number of hydrogen-bond donors (Lipinski definition) is 0. The summed E-state index contributed by atoms with van der Waals surface area (Å²) >= 11 is 0. The van der Waals surface area contributed by atoms with E-state index in [0.717, 1.165) is 5.56 Å². The number of nitrogens with zero attached hydrogens (tertiary/aromatic N) is 3. The summed E-state index contributed by atoms with van der Waals surface area (Å²) in [6.45, 7) is 2.91. The first-order valence-electron chi connectivity index (χ1n) is 6.73. The van der Waals surface area contributed by atoms with E-state index < -0.39 is 4.92 Å². The first-order chi connectivity index (χ1) is 10.5. The van der Waals surface area contributed by atoms with Crippen molar-refractivity contribution < 1.29 is 9.31 Å². The molecular formula is C16H14FN3O2. The van der Waals surface area contributed by atoms with Crippen LogP contribution in [-0.2, 0) is 6.54 Å². The molecule has 0 amide bonds. The lowest BCUT2D eigenvalue weighted by Crippen LogP contribution is -2.23. The number of nitro benzene ring substituents is 1. The molecule has 22 heavy (non-hydrogen) atoms. The molecule has 2 rings (SSSR count). The second kappa shape index (κ2) is 6.68. The van der Waals surface area contributed by atoms with Gasteiger partial charge in [-0.1, -0.05) is 12.1 Å². The maximum Gasteiger partial charge on any atom is 0.270 e. The average molecular weight is 299 g/mol. The molecule has 0 radical (unpaired) electrons. The van der Waals surface area contributed by atoms with Crippen LogP contribution in [0.5, 0.6) is 0 Å². The molecule has 0 fully saturated rings. The molecule has 0 heterocycles. The largest absolute Gasteiger partial charge is 0.366 e. The monoisotopic (exact) mass is 299 g/mol. The summed E-state index contributed by atoms with van der Waals surface area (Å²) in [4.78, 5) is 12.1. The van der Waals surface area contributed by atoms with Crippen molar-refractivity contribution in [2.45, 2.75) is 13.5 Å². The molecule has 6 heteroatoms. The van der Waals surface area contributed by atoms with Gasteiger partial charge in [0, 0.05) is 25.2 Å². The fraction of sp³-hybridized carbons (Fsp3) is 0.188. The van der Waals surface area contributed by atoms with Gasteiger partial charge in [0.15, 0.2) is 0 Å². The Morgan fingerprint density at radius 3 is 2.68 bits per heavy atom. The van der Waals surface area contributed by atoms with Crippen LogP contribution in [0.1, 0.15) is 18.1 Å². The Balaban J connectivity index is 2.35. The minimum atomic E-state index is -0.534. The molecule has 0 aromatic heterocycles. The van der Waals surface area contributed by atoms with E-state index in [0.29, 0.717) is 18.8 Å². The van der Waals surface area contributed by atoms with Crippen molar-refractivity contribution in [1.29, 1.82) is 5.26 Å². The van der Waals surface area contributed by atoms with Crippen LogP contribution in [0.4, 0.5) is 15.8 Å². The van der Waals surface area contributed by atoms with E-state index in [-0.39, 0.29) is 17.1 Å². The molecule has 0 N–H and O–H groups in total. The fourth-order valence-electron chi connectivity index (χ4n) is 2.23. The highest BCUT2D eigenvalue weighted by atomic mass is 19.1. The van der Waals surface area contributed by atoms with Gasteiger partial charge in [0.1, 0.15) is 11.9 Å². The number of nitro groups is 1. The SMILES string of the molecule is CCN(Cc1cccc(F)c1)c1ccc([N+](=O)[O-])cc1C#N. The second-order valence-electron chi connectivity index (χ2n) is 4.71. The molecule has 0 unspecified atom stereocenters. The number of benzene rings is 2. The van der Waals surface area contributed by atoms with E-state index in [1.54, 1.807) is 18.2 Å². The zero-order valence-corrected chi connectivity index (χ0v) is 12.0. The Hall–Kier alpha value is -2.94. The maximum atomic E-state index is 13.3. The Morgan fingerprint density at radius 2 is 2.09 bits per heavy atom. The van der Waals surface area contributed by atoms with Crippen LogP contribution in [-0.4, -0.2) is 11.5 Å². The smallest absolute Gasteiger partial charge is 0.270 e. The summed E-state index contributed by atoms with van der Waals surface area (Å²) in [6, 6.07) is 12.4. The van der Waals surface area contributed by atoms with Crippen LogP contribution >= 0.6 is 0 Å². The lowest BCUT2D eigenvalue weighted by Gasteiger charge is -2.24. The molecule has 5 nitrogen and oxygen atoms in total. The Kier molecular flexibility index (Phi) is 4.69.